The Labute approximate surface area is 210 Å². The first-order valence-corrected chi connectivity index (χ1v) is 13.4. The number of halogens is 2. The average molecular weight is 539 g/mol. The largest absolute Gasteiger partial charge is 0.435 e. The number of carbonyl (C=O) groups excluding carboxylic acids is 1. The van der Waals surface area contributed by atoms with E-state index >= 15 is 0 Å². The number of ether oxygens (including phenoxy) is 1. The molecule has 2 aromatic heterocycles. The van der Waals surface area contributed by atoms with E-state index in [4.69, 9.17) is 9.32 Å². The van der Waals surface area contributed by atoms with Crippen molar-refractivity contribution in [1.29, 1.82) is 0 Å². The summed E-state index contributed by atoms with van der Waals surface area (Å²) >= 11 is 1.28. The van der Waals surface area contributed by atoms with Gasteiger partial charge in [-0.15, -0.1) is 11.3 Å². The Morgan fingerprint density at radius 3 is 2.86 bits per heavy atom. The molecule has 0 amide bonds. The van der Waals surface area contributed by atoms with E-state index in [1.165, 1.54) is 29.9 Å². The molecule has 2 heterocycles. The number of benzene rings is 1. The van der Waals surface area contributed by atoms with Crippen molar-refractivity contribution in [2.45, 2.75) is 38.3 Å². The van der Waals surface area contributed by atoms with Gasteiger partial charge in [0.25, 0.3) is 0 Å². The third-order valence-electron chi connectivity index (χ3n) is 5.72. The monoisotopic (exact) mass is 538 g/mol. The van der Waals surface area contributed by atoms with E-state index < -0.39 is 16.9 Å². The Bertz CT molecular complexity index is 1320. The smallest absolute Gasteiger partial charge is 0.387 e. The molecule has 1 fully saturated rings. The van der Waals surface area contributed by atoms with Crippen molar-refractivity contribution in [3.05, 3.63) is 69.8 Å². The number of ketones is 1. The molecule has 1 aliphatic rings. The lowest BCUT2D eigenvalue weighted by atomic mass is 10.1. The van der Waals surface area contributed by atoms with E-state index in [0.717, 1.165) is 24.0 Å². The summed E-state index contributed by atoms with van der Waals surface area (Å²) in [6.07, 6.45) is 5.41. The zero-order valence-corrected chi connectivity index (χ0v) is 20.6. The van der Waals surface area contributed by atoms with Gasteiger partial charge in [0.2, 0.25) is 5.78 Å². The van der Waals surface area contributed by atoms with Crippen LogP contribution in [0.4, 0.5) is 14.6 Å². The molecule has 1 aromatic carbocycles. The highest BCUT2D eigenvalue weighted by Gasteiger charge is 2.28. The number of thiophene rings is 1. The molecule has 9 nitrogen and oxygen atoms in total. The minimum Gasteiger partial charge on any atom is -0.435 e. The summed E-state index contributed by atoms with van der Waals surface area (Å²) in [5, 5.41) is 10.0. The molecule has 3 aromatic rings. The SMILES string of the molecule is NS(=O)(=O)OC[C@@H]1CC[C@H](Nc2ncncc2C(=O)c2cc(Cc3cccc(OC(F)F)c3)cs2)C1. The van der Waals surface area contributed by atoms with Crippen LogP contribution in [-0.4, -0.2) is 43.4 Å². The topological polar surface area (TPSA) is 134 Å². The van der Waals surface area contributed by atoms with Gasteiger partial charge < -0.3 is 10.1 Å². The lowest BCUT2D eigenvalue weighted by Crippen LogP contribution is -2.22. The van der Waals surface area contributed by atoms with Gasteiger partial charge in [-0.25, -0.2) is 15.1 Å². The predicted molar refractivity (Wildman–Crippen MR) is 129 cm³/mol. The van der Waals surface area contributed by atoms with Crippen LogP contribution in [0.2, 0.25) is 0 Å². The molecule has 4 rings (SSSR count). The average Bonchev–Trinajstić information content (AvgIpc) is 3.47. The van der Waals surface area contributed by atoms with E-state index in [1.807, 2.05) is 5.38 Å². The number of nitrogens with one attached hydrogen (secondary N) is 1. The number of nitrogens with zero attached hydrogens (tertiary/aromatic N) is 2. The summed E-state index contributed by atoms with van der Waals surface area (Å²) in [5.41, 5.74) is 1.96. The van der Waals surface area contributed by atoms with Crippen molar-refractivity contribution in [1.82, 2.24) is 9.97 Å². The van der Waals surface area contributed by atoms with Crippen LogP contribution >= 0.6 is 11.3 Å². The predicted octanol–water partition coefficient (Wildman–Crippen LogP) is 3.76. The van der Waals surface area contributed by atoms with Crippen molar-refractivity contribution in [3.8, 4) is 5.75 Å². The fraction of sp³-hybridized carbons (Fsp3) is 0.348. The van der Waals surface area contributed by atoms with Crippen LogP contribution in [0.3, 0.4) is 0 Å². The normalized spacial score (nSPS) is 17.9. The van der Waals surface area contributed by atoms with Crippen molar-refractivity contribution < 1.29 is 30.9 Å². The Balaban J connectivity index is 1.41. The maximum Gasteiger partial charge on any atom is 0.387 e. The number of nitrogens with two attached hydrogens (primary N) is 1. The molecule has 2 atom stereocenters. The summed E-state index contributed by atoms with van der Waals surface area (Å²) < 4.78 is 56.2. The van der Waals surface area contributed by atoms with Gasteiger partial charge in [-0.2, -0.15) is 17.2 Å². The lowest BCUT2D eigenvalue weighted by molar-refractivity contribution is -0.0498. The molecule has 3 N–H and O–H groups in total. The highest BCUT2D eigenvalue weighted by atomic mass is 32.2. The zero-order chi connectivity index (χ0) is 25.7. The van der Waals surface area contributed by atoms with Gasteiger partial charge in [0.15, 0.2) is 0 Å². The fourth-order valence-corrected chi connectivity index (χ4v) is 5.39. The number of carbonyl (C=O) groups is 1. The molecular weight excluding hydrogens is 514 g/mol. The number of alkyl halides is 2. The van der Waals surface area contributed by atoms with Gasteiger partial charge in [0.1, 0.15) is 17.9 Å². The molecule has 0 unspecified atom stereocenters. The van der Waals surface area contributed by atoms with Crippen molar-refractivity contribution in [2.75, 3.05) is 11.9 Å². The molecule has 0 saturated heterocycles. The Kier molecular flexibility index (Phi) is 8.24. The Hall–Kier alpha value is -3.00. The minimum absolute atomic E-state index is 0.0119. The van der Waals surface area contributed by atoms with Gasteiger partial charge in [-0.3, -0.25) is 8.98 Å². The van der Waals surface area contributed by atoms with E-state index in [1.54, 1.807) is 24.3 Å². The van der Waals surface area contributed by atoms with Crippen LogP contribution in [0.25, 0.3) is 0 Å². The molecule has 1 saturated carbocycles. The second-order valence-corrected chi connectivity index (χ2v) is 10.6. The van der Waals surface area contributed by atoms with Gasteiger partial charge in [0, 0.05) is 12.2 Å². The van der Waals surface area contributed by atoms with E-state index in [2.05, 4.69) is 20.0 Å². The lowest BCUT2D eigenvalue weighted by Gasteiger charge is -2.15. The Morgan fingerprint density at radius 2 is 2.08 bits per heavy atom. The molecule has 192 valence electrons. The van der Waals surface area contributed by atoms with Crippen molar-refractivity contribution >= 4 is 33.2 Å². The van der Waals surface area contributed by atoms with Gasteiger partial charge in [-0.05, 0) is 66.3 Å². The fourth-order valence-electron chi connectivity index (χ4n) is 4.14. The maximum atomic E-state index is 13.2. The van der Waals surface area contributed by atoms with Crippen LogP contribution in [0, 0.1) is 5.92 Å². The molecule has 1 aliphatic carbocycles. The second kappa shape index (κ2) is 11.4. The molecule has 0 bridgehead atoms. The van der Waals surface area contributed by atoms with Crippen molar-refractivity contribution in [3.63, 3.8) is 0 Å². The molecule has 0 radical (unpaired) electrons. The van der Waals surface area contributed by atoms with Crippen LogP contribution < -0.4 is 15.2 Å². The minimum atomic E-state index is -3.98. The van der Waals surface area contributed by atoms with E-state index in [-0.39, 0.29) is 30.1 Å². The summed E-state index contributed by atoms with van der Waals surface area (Å²) in [6, 6.07) is 8.19. The number of anilines is 1. The third kappa shape index (κ3) is 7.26. The van der Waals surface area contributed by atoms with Gasteiger partial charge in [0.05, 0.1) is 17.0 Å². The van der Waals surface area contributed by atoms with Crippen LogP contribution in [0.1, 0.15) is 45.6 Å². The van der Waals surface area contributed by atoms with Gasteiger partial charge in [-0.1, -0.05) is 12.1 Å². The number of aromatic nitrogens is 2. The highest BCUT2D eigenvalue weighted by Crippen LogP contribution is 2.30. The summed E-state index contributed by atoms with van der Waals surface area (Å²) in [4.78, 5) is 22.0. The van der Waals surface area contributed by atoms with Crippen LogP contribution in [-0.2, 0) is 20.9 Å². The maximum absolute atomic E-state index is 13.2. The highest BCUT2D eigenvalue weighted by molar-refractivity contribution is 7.84. The summed E-state index contributed by atoms with van der Waals surface area (Å²) in [5.74, 6) is 0.263. The first-order valence-electron chi connectivity index (χ1n) is 11.1. The van der Waals surface area contributed by atoms with Crippen LogP contribution in [0.15, 0.2) is 48.2 Å². The molecule has 0 aliphatic heterocycles. The van der Waals surface area contributed by atoms with E-state index in [9.17, 15) is 22.0 Å². The summed E-state index contributed by atoms with van der Waals surface area (Å²) in [6.45, 7) is -2.88. The number of rotatable bonds is 11. The Morgan fingerprint density at radius 1 is 1.25 bits per heavy atom. The third-order valence-corrected chi connectivity index (χ3v) is 7.16. The molecule has 36 heavy (non-hydrogen) atoms. The molecular formula is C23H24F2N4O5S2. The standard InChI is InChI=1S/C23H24F2N4O5S2/c24-23(25)34-18-3-1-2-14(8-18)6-16-9-20(35-12-16)21(30)19-10-27-13-28-22(19)29-17-5-4-15(7-17)11-33-36(26,31)32/h1-3,8-10,12-13,15,17,23H,4-7,11H2,(H2,26,31,32)(H,27,28,29)/t15-,17+/m1/s1. The summed E-state index contributed by atoms with van der Waals surface area (Å²) in [7, 11) is -3.98. The quantitative estimate of drug-likeness (QED) is 0.353. The van der Waals surface area contributed by atoms with E-state index in [0.29, 0.717) is 29.1 Å². The molecule has 13 heteroatoms. The first-order chi connectivity index (χ1) is 17.2. The zero-order valence-electron chi connectivity index (χ0n) is 19.0. The number of hydrogen-bond donors (Lipinski definition) is 2. The van der Waals surface area contributed by atoms with Crippen LogP contribution in [0.5, 0.6) is 5.75 Å². The van der Waals surface area contributed by atoms with Gasteiger partial charge >= 0.3 is 16.9 Å². The van der Waals surface area contributed by atoms with Crippen molar-refractivity contribution in [2.24, 2.45) is 11.1 Å². The first kappa shape index (κ1) is 26.1. The second-order valence-electron chi connectivity index (χ2n) is 8.43. The molecule has 0 spiro atoms. The number of hydrogen-bond acceptors (Lipinski definition) is 9.